The van der Waals surface area contributed by atoms with Crippen LogP contribution >= 0.6 is 0 Å². The lowest BCUT2D eigenvalue weighted by Crippen LogP contribution is -2.06. The Morgan fingerprint density at radius 1 is 0.958 bits per heavy atom. The van der Waals surface area contributed by atoms with Gasteiger partial charge in [0, 0.05) is 12.5 Å². The van der Waals surface area contributed by atoms with E-state index in [0.717, 1.165) is 23.0 Å². The molecule has 0 aromatic heterocycles. The standard InChI is InChI=1S/C19H18O5/c1-2-18(20)24-13-3-12-23-17-10-8-15(9-11-17)14-4-6-16(7-5-14)19(21)22/h2,4-11H,1,3,12-13H2,(H,21,22). The number of carbonyl (C=O) groups excluding carboxylic acids is 1. The first kappa shape index (κ1) is 17.3. The van der Waals surface area contributed by atoms with E-state index in [-0.39, 0.29) is 5.56 Å². The van der Waals surface area contributed by atoms with Crippen LogP contribution in [0.25, 0.3) is 11.1 Å². The normalized spacial score (nSPS) is 10.0. The maximum absolute atomic E-state index is 10.9. The van der Waals surface area contributed by atoms with Gasteiger partial charge in [0.2, 0.25) is 0 Å². The summed E-state index contributed by atoms with van der Waals surface area (Å²) in [5, 5.41) is 8.90. The van der Waals surface area contributed by atoms with E-state index >= 15 is 0 Å². The monoisotopic (exact) mass is 326 g/mol. The fourth-order valence-corrected chi connectivity index (χ4v) is 2.03. The lowest BCUT2D eigenvalue weighted by molar-refractivity contribution is -0.137. The number of esters is 1. The van der Waals surface area contributed by atoms with Crippen molar-refractivity contribution in [1.29, 1.82) is 0 Å². The Labute approximate surface area is 140 Å². The predicted octanol–water partition coefficient (Wildman–Crippen LogP) is 3.55. The van der Waals surface area contributed by atoms with Crippen molar-refractivity contribution in [2.24, 2.45) is 0 Å². The third-order valence-corrected chi connectivity index (χ3v) is 3.29. The molecule has 2 aromatic carbocycles. The first-order valence-electron chi connectivity index (χ1n) is 7.46. The number of benzene rings is 2. The van der Waals surface area contributed by atoms with E-state index < -0.39 is 11.9 Å². The Hall–Kier alpha value is -3.08. The largest absolute Gasteiger partial charge is 0.493 e. The van der Waals surface area contributed by atoms with E-state index in [2.05, 4.69) is 6.58 Å². The number of aromatic carboxylic acids is 1. The number of hydrogen-bond donors (Lipinski definition) is 1. The molecule has 0 atom stereocenters. The molecular formula is C19H18O5. The quantitative estimate of drug-likeness (QED) is 0.456. The van der Waals surface area contributed by atoms with Gasteiger partial charge in [-0.1, -0.05) is 30.8 Å². The summed E-state index contributed by atoms with van der Waals surface area (Å²) in [4.78, 5) is 21.7. The maximum atomic E-state index is 10.9. The van der Waals surface area contributed by atoms with Gasteiger partial charge in [-0.15, -0.1) is 0 Å². The average molecular weight is 326 g/mol. The van der Waals surface area contributed by atoms with E-state index in [4.69, 9.17) is 14.6 Å². The maximum Gasteiger partial charge on any atom is 0.335 e. The summed E-state index contributed by atoms with van der Waals surface area (Å²) in [7, 11) is 0. The highest BCUT2D eigenvalue weighted by atomic mass is 16.5. The van der Waals surface area contributed by atoms with E-state index in [9.17, 15) is 9.59 Å². The van der Waals surface area contributed by atoms with Gasteiger partial charge >= 0.3 is 11.9 Å². The van der Waals surface area contributed by atoms with Crippen LogP contribution in [0.3, 0.4) is 0 Å². The van der Waals surface area contributed by atoms with E-state index in [1.807, 2.05) is 24.3 Å². The summed E-state index contributed by atoms with van der Waals surface area (Å²) < 4.78 is 10.4. The zero-order chi connectivity index (χ0) is 17.4. The first-order valence-corrected chi connectivity index (χ1v) is 7.46. The number of carboxylic acid groups (broad SMARTS) is 1. The summed E-state index contributed by atoms with van der Waals surface area (Å²) >= 11 is 0. The molecule has 0 aliphatic rings. The van der Waals surface area contributed by atoms with Crippen LogP contribution in [0.2, 0.25) is 0 Å². The minimum absolute atomic E-state index is 0.260. The fourth-order valence-electron chi connectivity index (χ4n) is 2.03. The number of hydrogen-bond acceptors (Lipinski definition) is 4. The van der Waals surface area contributed by atoms with Crippen molar-refractivity contribution >= 4 is 11.9 Å². The lowest BCUT2D eigenvalue weighted by atomic mass is 10.0. The minimum Gasteiger partial charge on any atom is -0.493 e. The van der Waals surface area contributed by atoms with Crippen LogP contribution in [-0.2, 0) is 9.53 Å². The third-order valence-electron chi connectivity index (χ3n) is 3.29. The van der Waals surface area contributed by atoms with Crippen molar-refractivity contribution in [2.75, 3.05) is 13.2 Å². The average Bonchev–Trinajstić information content (AvgIpc) is 2.62. The van der Waals surface area contributed by atoms with Crippen LogP contribution < -0.4 is 4.74 Å². The molecule has 0 fully saturated rings. The lowest BCUT2D eigenvalue weighted by Gasteiger charge is -2.08. The van der Waals surface area contributed by atoms with Crippen molar-refractivity contribution in [1.82, 2.24) is 0 Å². The van der Waals surface area contributed by atoms with E-state index in [1.54, 1.807) is 24.3 Å². The number of carbonyl (C=O) groups is 2. The van der Waals surface area contributed by atoms with Gasteiger partial charge in [-0.05, 0) is 35.4 Å². The van der Waals surface area contributed by atoms with Crippen molar-refractivity contribution in [2.45, 2.75) is 6.42 Å². The van der Waals surface area contributed by atoms with E-state index in [0.29, 0.717) is 19.6 Å². The molecule has 2 aromatic rings. The molecule has 0 bridgehead atoms. The molecule has 5 heteroatoms. The van der Waals surface area contributed by atoms with Crippen LogP contribution in [0.4, 0.5) is 0 Å². The molecule has 0 unspecified atom stereocenters. The molecule has 0 amide bonds. The molecule has 0 radical (unpaired) electrons. The minimum atomic E-state index is -0.941. The Morgan fingerprint density at radius 3 is 2.08 bits per heavy atom. The molecule has 2 rings (SSSR count). The van der Waals surface area contributed by atoms with Crippen LogP contribution in [0.1, 0.15) is 16.8 Å². The first-order chi connectivity index (χ1) is 11.6. The Kier molecular flexibility index (Phi) is 6.14. The fraction of sp³-hybridized carbons (Fsp3) is 0.158. The molecule has 0 aliphatic carbocycles. The van der Waals surface area contributed by atoms with Crippen molar-refractivity contribution in [3.8, 4) is 16.9 Å². The highest BCUT2D eigenvalue weighted by molar-refractivity contribution is 5.88. The number of rotatable bonds is 8. The van der Waals surface area contributed by atoms with Crippen molar-refractivity contribution in [3.05, 3.63) is 66.7 Å². The SMILES string of the molecule is C=CC(=O)OCCCOc1ccc(-c2ccc(C(=O)O)cc2)cc1. The van der Waals surface area contributed by atoms with Crippen LogP contribution in [-0.4, -0.2) is 30.3 Å². The predicted molar refractivity (Wildman–Crippen MR) is 90.1 cm³/mol. The molecule has 1 N–H and O–H groups in total. The summed E-state index contributed by atoms with van der Waals surface area (Å²) in [6.45, 7) is 4.05. The molecular weight excluding hydrogens is 308 g/mol. The van der Waals surface area contributed by atoms with Gasteiger partial charge in [-0.2, -0.15) is 0 Å². The van der Waals surface area contributed by atoms with Gasteiger partial charge in [0.15, 0.2) is 0 Å². The van der Waals surface area contributed by atoms with Gasteiger partial charge in [0.1, 0.15) is 5.75 Å². The second-order valence-corrected chi connectivity index (χ2v) is 4.98. The molecule has 5 nitrogen and oxygen atoms in total. The van der Waals surface area contributed by atoms with Gasteiger partial charge in [-0.25, -0.2) is 9.59 Å². The second-order valence-electron chi connectivity index (χ2n) is 4.98. The summed E-state index contributed by atoms with van der Waals surface area (Å²) in [5.74, 6) is -0.659. The van der Waals surface area contributed by atoms with Crippen LogP contribution in [0.15, 0.2) is 61.2 Å². The molecule has 0 heterocycles. The van der Waals surface area contributed by atoms with Crippen molar-refractivity contribution in [3.63, 3.8) is 0 Å². The van der Waals surface area contributed by atoms with Gasteiger partial charge in [0.25, 0.3) is 0 Å². The van der Waals surface area contributed by atoms with Crippen LogP contribution in [0.5, 0.6) is 5.75 Å². The molecule has 24 heavy (non-hydrogen) atoms. The Bertz CT molecular complexity index is 702. The molecule has 124 valence electrons. The topological polar surface area (TPSA) is 72.8 Å². The zero-order valence-corrected chi connectivity index (χ0v) is 13.1. The third kappa shape index (κ3) is 4.98. The summed E-state index contributed by atoms with van der Waals surface area (Å²) in [6, 6.07) is 14.2. The highest BCUT2D eigenvalue weighted by Gasteiger charge is 2.03. The summed E-state index contributed by atoms with van der Waals surface area (Å²) in [5.41, 5.74) is 2.16. The second kappa shape index (κ2) is 8.53. The van der Waals surface area contributed by atoms with Gasteiger partial charge in [0.05, 0.1) is 18.8 Å². The Balaban J connectivity index is 1.85. The highest BCUT2D eigenvalue weighted by Crippen LogP contribution is 2.23. The molecule has 0 aliphatic heterocycles. The summed E-state index contributed by atoms with van der Waals surface area (Å²) in [6.07, 6.45) is 1.72. The van der Waals surface area contributed by atoms with Crippen LogP contribution in [0, 0.1) is 0 Å². The van der Waals surface area contributed by atoms with Gasteiger partial charge in [-0.3, -0.25) is 0 Å². The Morgan fingerprint density at radius 2 is 1.54 bits per heavy atom. The van der Waals surface area contributed by atoms with Gasteiger partial charge < -0.3 is 14.6 Å². The zero-order valence-electron chi connectivity index (χ0n) is 13.1. The number of ether oxygens (including phenoxy) is 2. The molecule has 0 saturated heterocycles. The molecule has 0 saturated carbocycles. The van der Waals surface area contributed by atoms with E-state index in [1.165, 1.54) is 0 Å². The smallest absolute Gasteiger partial charge is 0.335 e. The van der Waals surface area contributed by atoms with Crippen molar-refractivity contribution < 1.29 is 24.2 Å². The molecule has 0 spiro atoms. The number of carboxylic acids is 1.